The molecule has 0 aromatic heterocycles. The van der Waals surface area contributed by atoms with Gasteiger partial charge in [-0.2, -0.15) is 0 Å². The van der Waals surface area contributed by atoms with Crippen LogP contribution in [0.25, 0.3) is 0 Å². The molecule has 0 saturated heterocycles. The average Bonchev–Trinajstić information content (AvgIpc) is 3.16. The Balaban J connectivity index is 1.41. The smallest absolute Gasteiger partial charge is 0.303 e. The molecule has 5 aromatic carbocycles. The Morgan fingerprint density at radius 1 is 0.360 bits per heavy atom. The number of ether oxygens (including phenoxy) is 6. The number of rotatable bonds is 16. The third kappa shape index (κ3) is 9.97. The van der Waals surface area contributed by atoms with Crippen molar-refractivity contribution in [2.75, 3.05) is 0 Å². The van der Waals surface area contributed by atoms with Gasteiger partial charge in [-0.3, -0.25) is 4.79 Å². The van der Waals surface area contributed by atoms with Crippen molar-refractivity contribution >= 4 is 5.97 Å². The second-order valence-electron chi connectivity index (χ2n) is 12.4. The van der Waals surface area contributed by atoms with Crippen LogP contribution in [-0.4, -0.2) is 42.6 Å². The van der Waals surface area contributed by atoms with E-state index in [1.807, 2.05) is 152 Å². The van der Waals surface area contributed by atoms with Gasteiger partial charge in [-0.15, -0.1) is 0 Å². The Hall–Kier alpha value is -4.63. The summed E-state index contributed by atoms with van der Waals surface area (Å²) in [4.78, 5) is 12.9. The maximum atomic E-state index is 12.9. The molecular weight excluding hydrogens is 628 g/mol. The summed E-state index contributed by atoms with van der Waals surface area (Å²) in [5.41, 5.74) is 4.93. The molecule has 0 heterocycles. The minimum Gasteiger partial charge on any atom is -0.457 e. The monoisotopic (exact) mass is 672 g/mol. The van der Waals surface area contributed by atoms with Crippen LogP contribution in [0, 0.1) is 0 Å². The van der Waals surface area contributed by atoms with Crippen LogP contribution in [0.2, 0.25) is 0 Å². The highest BCUT2D eigenvalue weighted by Crippen LogP contribution is 2.36. The average molecular weight is 673 g/mol. The van der Waals surface area contributed by atoms with Crippen molar-refractivity contribution in [3.8, 4) is 0 Å². The van der Waals surface area contributed by atoms with Crippen molar-refractivity contribution in [2.45, 2.75) is 76.6 Å². The second-order valence-corrected chi connectivity index (χ2v) is 12.4. The van der Waals surface area contributed by atoms with Crippen molar-refractivity contribution in [1.82, 2.24) is 0 Å². The van der Waals surface area contributed by atoms with Crippen LogP contribution in [0.15, 0.2) is 152 Å². The standard InChI is InChI=1S/C43H44O7/c1-32(44)50-43-41(48-30-36-23-13-5-14-24-36)39(46-28-34-19-9-3-10-20-34)38(45-27-33-17-7-2-8-18-33)40(47-29-35-21-11-4-12-22-35)42(43)49-31-37-25-15-6-16-26-37/h2-26,38-43H,27-31H2,1H3/t38?,39-,40-,41-,42+,43?/m1/s1. The van der Waals surface area contributed by atoms with E-state index in [0.29, 0.717) is 6.61 Å². The van der Waals surface area contributed by atoms with E-state index in [4.69, 9.17) is 28.4 Å². The van der Waals surface area contributed by atoms with Crippen LogP contribution in [0.4, 0.5) is 0 Å². The third-order valence-corrected chi connectivity index (χ3v) is 8.67. The Bertz CT molecular complexity index is 1590. The number of esters is 1. The molecule has 1 aliphatic rings. The largest absolute Gasteiger partial charge is 0.457 e. The zero-order chi connectivity index (χ0) is 34.4. The molecule has 7 nitrogen and oxygen atoms in total. The molecule has 258 valence electrons. The van der Waals surface area contributed by atoms with Gasteiger partial charge in [-0.1, -0.05) is 152 Å². The van der Waals surface area contributed by atoms with Gasteiger partial charge in [0.25, 0.3) is 0 Å². The molecule has 5 aromatic rings. The van der Waals surface area contributed by atoms with E-state index in [-0.39, 0.29) is 26.4 Å². The van der Waals surface area contributed by atoms with Gasteiger partial charge in [0.15, 0.2) is 6.10 Å². The predicted molar refractivity (Wildman–Crippen MR) is 191 cm³/mol. The number of benzene rings is 5. The van der Waals surface area contributed by atoms with Crippen molar-refractivity contribution in [3.63, 3.8) is 0 Å². The molecule has 0 spiro atoms. The Morgan fingerprint density at radius 3 is 0.760 bits per heavy atom. The van der Waals surface area contributed by atoms with Gasteiger partial charge in [0.1, 0.15) is 30.5 Å². The van der Waals surface area contributed by atoms with Gasteiger partial charge in [0.05, 0.1) is 33.0 Å². The molecule has 2 unspecified atom stereocenters. The molecule has 6 atom stereocenters. The summed E-state index contributed by atoms with van der Waals surface area (Å²) >= 11 is 0. The maximum Gasteiger partial charge on any atom is 0.303 e. The quantitative estimate of drug-likeness (QED) is 0.0989. The summed E-state index contributed by atoms with van der Waals surface area (Å²) in [5.74, 6) is -0.455. The fourth-order valence-corrected chi connectivity index (χ4v) is 6.23. The topological polar surface area (TPSA) is 72.5 Å². The summed E-state index contributed by atoms with van der Waals surface area (Å²) in [6.45, 7) is 2.81. The highest BCUT2D eigenvalue weighted by atomic mass is 16.6. The van der Waals surface area contributed by atoms with Crippen molar-refractivity contribution in [2.24, 2.45) is 0 Å². The van der Waals surface area contributed by atoms with E-state index in [2.05, 4.69) is 0 Å². The minimum atomic E-state index is -0.877. The van der Waals surface area contributed by atoms with Crippen LogP contribution >= 0.6 is 0 Å². The Kier molecular flexibility index (Phi) is 12.9. The fraction of sp³-hybridized carbons (Fsp3) is 0.279. The van der Waals surface area contributed by atoms with E-state index in [9.17, 15) is 4.79 Å². The summed E-state index contributed by atoms with van der Waals surface area (Å²) in [7, 11) is 0. The van der Waals surface area contributed by atoms with Gasteiger partial charge < -0.3 is 28.4 Å². The van der Waals surface area contributed by atoms with E-state index >= 15 is 0 Å². The van der Waals surface area contributed by atoms with Crippen LogP contribution in [0.1, 0.15) is 34.7 Å². The molecule has 1 aliphatic carbocycles. The lowest BCUT2D eigenvalue weighted by Crippen LogP contribution is -2.67. The Labute approximate surface area is 294 Å². The lowest BCUT2D eigenvalue weighted by Gasteiger charge is -2.49. The van der Waals surface area contributed by atoms with Crippen molar-refractivity contribution in [1.29, 1.82) is 0 Å². The van der Waals surface area contributed by atoms with E-state index in [1.165, 1.54) is 6.92 Å². The Morgan fingerprint density at radius 2 is 0.560 bits per heavy atom. The number of hydrogen-bond donors (Lipinski definition) is 0. The van der Waals surface area contributed by atoms with E-state index < -0.39 is 42.6 Å². The molecule has 1 saturated carbocycles. The van der Waals surface area contributed by atoms with E-state index in [0.717, 1.165) is 27.8 Å². The van der Waals surface area contributed by atoms with Crippen LogP contribution in [0.3, 0.4) is 0 Å². The molecule has 1 fully saturated rings. The lowest BCUT2D eigenvalue weighted by atomic mass is 9.83. The van der Waals surface area contributed by atoms with Gasteiger partial charge >= 0.3 is 5.97 Å². The fourth-order valence-electron chi connectivity index (χ4n) is 6.23. The maximum absolute atomic E-state index is 12.9. The highest BCUT2D eigenvalue weighted by Gasteiger charge is 2.56. The molecule has 0 amide bonds. The molecule has 6 rings (SSSR count). The molecule has 0 N–H and O–H groups in total. The van der Waals surface area contributed by atoms with Crippen molar-refractivity contribution < 1.29 is 33.2 Å². The first-order chi connectivity index (χ1) is 24.6. The second kappa shape index (κ2) is 18.4. The molecule has 0 bridgehead atoms. The first-order valence-electron chi connectivity index (χ1n) is 17.1. The summed E-state index contributed by atoms with van der Waals surface area (Å²) in [6.07, 6.45) is -4.48. The van der Waals surface area contributed by atoms with Gasteiger partial charge in [-0.05, 0) is 27.8 Å². The van der Waals surface area contributed by atoms with Crippen LogP contribution < -0.4 is 0 Å². The lowest BCUT2D eigenvalue weighted by molar-refractivity contribution is -0.286. The van der Waals surface area contributed by atoms with Crippen LogP contribution in [0.5, 0.6) is 0 Å². The highest BCUT2D eigenvalue weighted by molar-refractivity contribution is 5.66. The summed E-state index contributed by atoms with van der Waals surface area (Å²) in [5, 5.41) is 0. The normalized spacial score (nSPS) is 21.8. The summed E-state index contributed by atoms with van der Waals surface area (Å²) in [6, 6.07) is 49.7. The SMILES string of the molecule is CC(=O)OC1[C@@H](OCc2ccccc2)[C@H](OCc2ccccc2)C(OCc2ccccc2)[C@@H](OCc2ccccc2)[C@H]1OCc1ccccc1. The minimum absolute atomic E-state index is 0.265. The van der Waals surface area contributed by atoms with Gasteiger partial charge in [0, 0.05) is 6.92 Å². The summed E-state index contributed by atoms with van der Waals surface area (Å²) < 4.78 is 40.1. The zero-order valence-electron chi connectivity index (χ0n) is 28.3. The molecule has 0 aliphatic heterocycles. The molecule has 0 radical (unpaired) electrons. The number of hydrogen-bond acceptors (Lipinski definition) is 7. The zero-order valence-corrected chi connectivity index (χ0v) is 28.3. The number of carbonyl (C=O) groups excluding carboxylic acids is 1. The number of carbonyl (C=O) groups is 1. The van der Waals surface area contributed by atoms with Crippen LogP contribution in [-0.2, 0) is 66.3 Å². The molecule has 7 heteroatoms. The van der Waals surface area contributed by atoms with Gasteiger partial charge in [-0.25, -0.2) is 0 Å². The van der Waals surface area contributed by atoms with E-state index in [1.54, 1.807) is 0 Å². The first-order valence-corrected chi connectivity index (χ1v) is 17.1. The first kappa shape index (κ1) is 35.2. The predicted octanol–water partition coefficient (Wildman–Crippen LogP) is 7.86. The molecule has 50 heavy (non-hydrogen) atoms. The van der Waals surface area contributed by atoms with Crippen molar-refractivity contribution in [3.05, 3.63) is 179 Å². The van der Waals surface area contributed by atoms with Gasteiger partial charge in [0.2, 0.25) is 0 Å². The third-order valence-electron chi connectivity index (χ3n) is 8.67. The molecular formula is C43H44O7.